The van der Waals surface area contributed by atoms with Crippen LogP contribution in [0.5, 0.6) is 0 Å². The van der Waals surface area contributed by atoms with Crippen molar-refractivity contribution in [3.63, 3.8) is 0 Å². The van der Waals surface area contributed by atoms with Gasteiger partial charge in [-0.25, -0.2) is 9.97 Å². The minimum atomic E-state index is 0. The van der Waals surface area contributed by atoms with Crippen LogP contribution in [0, 0.1) is 0 Å². The number of likely N-dealkylation sites (N-methyl/N-ethyl adjacent to an activating group) is 1. The van der Waals surface area contributed by atoms with Gasteiger partial charge in [-0.3, -0.25) is 4.90 Å². The van der Waals surface area contributed by atoms with Crippen molar-refractivity contribution in [2.24, 2.45) is 5.73 Å². The molecule has 0 bridgehead atoms. The molecule has 1 aromatic heterocycles. The van der Waals surface area contributed by atoms with E-state index in [2.05, 4.69) is 32.9 Å². The molecule has 4 rings (SSSR count). The van der Waals surface area contributed by atoms with Crippen molar-refractivity contribution >= 4 is 30.6 Å². The van der Waals surface area contributed by atoms with Gasteiger partial charge in [-0.2, -0.15) is 0 Å². The first-order chi connectivity index (χ1) is 12.7. The Morgan fingerprint density at radius 3 is 2.32 bits per heavy atom. The number of piperidine rings is 1. The number of likely N-dealkylation sites (tertiary alicyclic amines) is 1. The Balaban J connectivity index is 0.00000140. The van der Waals surface area contributed by atoms with E-state index in [1.165, 1.54) is 70.2 Å². The lowest BCUT2D eigenvalue weighted by molar-refractivity contribution is 0.0395. The van der Waals surface area contributed by atoms with Crippen LogP contribution >= 0.6 is 24.8 Å². The van der Waals surface area contributed by atoms with Crippen LogP contribution < -0.4 is 10.6 Å². The van der Waals surface area contributed by atoms with Crippen LogP contribution in [0.4, 0.5) is 5.82 Å². The maximum atomic E-state index is 5.97. The molecule has 5 nitrogen and oxygen atoms in total. The Hall–Kier alpha value is -0.620. The molecule has 3 aliphatic rings. The number of aromatic nitrogens is 2. The molecule has 1 aliphatic heterocycles. The summed E-state index contributed by atoms with van der Waals surface area (Å²) in [4.78, 5) is 14.3. The molecule has 2 heterocycles. The third kappa shape index (κ3) is 5.10. The van der Waals surface area contributed by atoms with Crippen LogP contribution in [0.25, 0.3) is 0 Å². The highest BCUT2D eigenvalue weighted by Crippen LogP contribution is 2.38. The lowest BCUT2D eigenvalue weighted by Crippen LogP contribution is -2.57. The molecular formula is C21H37Cl2N5. The Bertz CT molecular complexity index is 596. The summed E-state index contributed by atoms with van der Waals surface area (Å²) in [6.45, 7) is 3.65. The summed E-state index contributed by atoms with van der Waals surface area (Å²) in [5.74, 6) is 1.61. The van der Waals surface area contributed by atoms with Crippen molar-refractivity contribution in [1.29, 1.82) is 0 Å². The van der Waals surface area contributed by atoms with Gasteiger partial charge in [0.25, 0.3) is 0 Å². The molecule has 0 aromatic carbocycles. The van der Waals surface area contributed by atoms with Crippen LogP contribution in [0.15, 0.2) is 12.4 Å². The molecule has 1 saturated heterocycles. The molecular weight excluding hydrogens is 393 g/mol. The summed E-state index contributed by atoms with van der Waals surface area (Å²) in [6, 6.07) is 2.57. The first kappa shape index (κ1) is 23.7. The molecule has 1 aromatic rings. The van der Waals surface area contributed by atoms with E-state index >= 15 is 0 Å². The second-order valence-electron chi connectivity index (χ2n) is 8.92. The monoisotopic (exact) mass is 429 g/mol. The van der Waals surface area contributed by atoms with Gasteiger partial charge in [0.1, 0.15) is 12.1 Å². The fourth-order valence-corrected chi connectivity index (χ4v) is 5.37. The highest BCUT2D eigenvalue weighted by Gasteiger charge is 2.39. The molecule has 0 atom stereocenters. The van der Waals surface area contributed by atoms with Gasteiger partial charge in [0.15, 0.2) is 0 Å². The summed E-state index contributed by atoms with van der Waals surface area (Å²) in [5.41, 5.74) is 7.49. The van der Waals surface area contributed by atoms with Gasteiger partial charge in [-0.05, 0) is 51.6 Å². The van der Waals surface area contributed by atoms with Crippen molar-refractivity contribution in [1.82, 2.24) is 14.9 Å². The zero-order chi connectivity index (χ0) is 18.0. The SMILES string of the molecule is CN(CC1(N2CCCCC2)CCCCC1)c1cc(C2CC(N)C2)ncn1.Cl.Cl. The normalized spacial score (nSPS) is 27.1. The first-order valence-corrected chi connectivity index (χ1v) is 10.7. The topological polar surface area (TPSA) is 58.3 Å². The standard InChI is InChI=1S/C21H35N5.2ClH/c1-25(20-14-19(23-16-24-20)17-12-18(22)13-17)15-21(8-4-2-5-9-21)26-10-6-3-7-11-26;;/h14,16-18H,2-13,15,22H2,1H3;2*1H. The lowest BCUT2D eigenvalue weighted by Gasteiger charge is -2.50. The van der Waals surface area contributed by atoms with Crippen LogP contribution in [-0.2, 0) is 0 Å². The average molecular weight is 430 g/mol. The number of halogens is 2. The van der Waals surface area contributed by atoms with Gasteiger partial charge in [0.2, 0.25) is 0 Å². The fraction of sp³-hybridized carbons (Fsp3) is 0.810. The highest BCUT2D eigenvalue weighted by atomic mass is 35.5. The molecule has 2 N–H and O–H groups in total. The molecule has 2 saturated carbocycles. The highest BCUT2D eigenvalue weighted by molar-refractivity contribution is 5.85. The van der Waals surface area contributed by atoms with Crippen molar-refractivity contribution in [3.05, 3.63) is 18.1 Å². The number of nitrogens with two attached hydrogens (primary N) is 1. The van der Waals surface area contributed by atoms with E-state index in [9.17, 15) is 0 Å². The zero-order valence-electron chi connectivity index (χ0n) is 17.2. The number of hydrogen-bond donors (Lipinski definition) is 1. The Morgan fingerprint density at radius 2 is 1.68 bits per heavy atom. The Morgan fingerprint density at radius 1 is 1.04 bits per heavy atom. The predicted octanol–water partition coefficient (Wildman–Crippen LogP) is 4.15. The zero-order valence-corrected chi connectivity index (χ0v) is 18.8. The summed E-state index contributed by atoms with van der Waals surface area (Å²) < 4.78 is 0. The van der Waals surface area contributed by atoms with Gasteiger partial charge in [-0.15, -0.1) is 24.8 Å². The minimum Gasteiger partial charge on any atom is -0.358 e. The van der Waals surface area contributed by atoms with Crippen LogP contribution in [-0.4, -0.2) is 53.1 Å². The lowest BCUT2D eigenvalue weighted by atomic mass is 9.78. The van der Waals surface area contributed by atoms with E-state index in [0.717, 1.165) is 25.2 Å². The molecule has 0 spiro atoms. The third-order valence-electron chi connectivity index (χ3n) is 7.00. The van der Waals surface area contributed by atoms with E-state index in [1.54, 1.807) is 6.33 Å². The smallest absolute Gasteiger partial charge is 0.131 e. The number of anilines is 1. The van der Waals surface area contributed by atoms with Gasteiger partial charge >= 0.3 is 0 Å². The molecule has 160 valence electrons. The maximum Gasteiger partial charge on any atom is 0.131 e. The van der Waals surface area contributed by atoms with Gasteiger partial charge in [0, 0.05) is 42.9 Å². The molecule has 0 amide bonds. The van der Waals surface area contributed by atoms with Gasteiger partial charge in [0.05, 0.1) is 0 Å². The number of hydrogen-bond acceptors (Lipinski definition) is 5. The minimum absolute atomic E-state index is 0. The van der Waals surface area contributed by atoms with Crippen LogP contribution in [0.1, 0.15) is 75.8 Å². The quantitative estimate of drug-likeness (QED) is 0.761. The van der Waals surface area contributed by atoms with Crippen molar-refractivity contribution in [2.45, 2.75) is 81.7 Å². The molecule has 2 aliphatic carbocycles. The number of rotatable bonds is 5. The van der Waals surface area contributed by atoms with Gasteiger partial charge < -0.3 is 10.6 Å². The van der Waals surface area contributed by atoms with E-state index in [0.29, 0.717) is 17.5 Å². The molecule has 0 radical (unpaired) electrons. The summed E-state index contributed by atoms with van der Waals surface area (Å²) in [5, 5.41) is 0. The Labute approximate surface area is 182 Å². The number of nitrogens with zero attached hydrogens (tertiary/aromatic N) is 4. The molecule has 7 heteroatoms. The van der Waals surface area contributed by atoms with Crippen molar-refractivity contribution in [3.8, 4) is 0 Å². The fourth-order valence-electron chi connectivity index (χ4n) is 5.37. The summed E-state index contributed by atoms with van der Waals surface area (Å²) in [6.07, 6.45) is 14.9. The first-order valence-electron chi connectivity index (χ1n) is 10.7. The second kappa shape index (κ2) is 10.4. The summed E-state index contributed by atoms with van der Waals surface area (Å²) in [7, 11) is 2.22. The second-order valence-corrected chi connectivity index (χ2v) is 8.92. The Kier molecular flexibility index (Phi) is 8.80. The molecule has 3 fully saturated rings. The van der Waals surface area contributed by atoms with E-state index in [1.807, 2.05) is 0 Å². The average Bonchev–Trinajstić information content (AvgIpc) is 2.67. The van der Waals surface area contributed by atoms with E-state index in [4.69, 9.17) is 5.73 Å². The van der Waals surface area contributed by atoms with Crippen LogP contribution in [0.3, 0.4) is 0 Å². The van der Waals surface area contributed by atoms with E-state index < -0.39 is 0 Å². The molecule has 28 heavy (non-hydrogen) atoms. The van der Waals surface area contributed by atoms with Crippen molar-refractivity contribution in [2.75, 3.05) is 31.6 Å². The molecule has 0 unspecified atom stereocenters. The van der Waals surface area contributed by atoms with Gasteiger partial charge in [-0.1, -0.05) is 25.7 Å². The van der Waals surface area contributed by atoms with E-state index in [-0.39, 0.29) is 24.8 Å². The third-order valence-corrected chi connectivity index (χ3v) is 7.00. The predicted molar refractivity (Wildman–Crippen MR) is 121 cm³/mol. The maximum absolute atomic E-state index is 5.97. The summed E-state index contributed by atoms with van der Waals surface area (Å²) >= 11 is 0. The van der Waals surface area contributed by atoms with Crippen molar-refractivity contribution < 1.29 is 0 Å². The van der Waals surface area contributed by atoms with Crippen LogP contribution in [0.2, 0.25) is 0 Å². The largest absolute Gasteiger partial charge is 0.358 e.